The summed E-state index contributed by atoms with van der Waals surface area (Å²) >= 11 is 0. The van der Waals surface area contributed by atoms with E-state index in [0.29, 0.717) is 11.8 Å². The van der Waals surface area contributed by atoms with Crippen LogP contribution >= 0.6 is 0 Å². The molecule has 0 bridgehead atoms. The maximum absolute atomic E-state index is 4.68. The molecule has 1 atom stereocenters. The number of fused-ring (bicyclic) bond motifs is 1. The minimum Gasteiger partial charge on any atom is -0.351 e. The first-order chi connectivity index (χ1) is 11.8. The number of rotatable bonds is 3. The zero-order valence-corrected chi connectivity index (χ0v) is 14.1. The van der Waals surface area contributed by atoms with Crippen LogP contribution in [0.3, 0.4) is 0 Å². The van der Waals surface area contributed by atoms with Crippen molar-refractivity contribution in [2.75, 3.05) is 31.6 Å². The van der Waals surface area contributed by atoms with Gasteiger partial charge in [-0.05, 0) is 13.5 Å². The van der Waals surface area contributed by atoms with Crippen LogP contribution in [0.15, 0.2) is 42.7 Å². The van der Waals surface area contributed by atoms with Gasteiger partial charge in [0.15, 0.2) is 0 Å². The van der Waals surface area contributed by atoms with Crippen LogP contribution in [0.1, 0.15) is 13.3 Å². The number of likely N-dealkylation sites (N-methyl/N-ethyl adjacent to an activating group) is 1. The molecule has 3 heterocycles. The lowest BCUT2D eigenvalue weighted by atomic mass is 10.1. The Kier molecular flexibility index (Phi) is 3.90. The summed E-state index contributed by atoms with van der Waals surface area (Å²) in [6, 6.07) is 12.9. The molecule has 0 amide bonds. The topological polar surface area (TPSA) is 49.6 Å². The van der Waals surface area contributed by atoms with Gasteiger partial charge in [0.25, 0.3) is 5.78 Å². The van der Waals surface area contributed by atoms with Gasteiger partial charge in [0, 0.05) is 37.3 Å². The Balaban J connectivity index is 1.83. The second-order valence-electron chi connectivity index (χ2n) is 6.36. The maximum atomic E-state index is 4.68. The third-order valence-corrected chi connectivity index (χ3v) is 4.75. The van der Waals surface area contributed by atoms with Crippen molar-refractivity contribution >= 4 is 11.6 Å². The van der Waals surface area contributed by atoms with Gasteiger partial charge in [-0.15, -0.1) is 0 Å². The fraction of sp³-hybridized carbons (Fsp3) is 0.389. The van der Waals surface area contributed by atoms with Crippen molar-refractivity contribution in [3.05, 3.63) is 42.7 Å². The quantitative estimate of drug-likeness (QED) is 0.741. The highest BCUT2D eigenvalue weighted by Crippen LogP contribution is 2.27. The van der Waals surface area contributed by atoms with Crippen LogP contribution in [0.25, 0.3) is 17.0 Å². The van der Waals surface area contributed by atoms with E-state index in [2.05, 4.69) is 57.0 Å². The average molecular weight is 322 g/mol. The molecular formula is C18H22N6. The highest BCUT2D eigenvalue weighted by molar-refractivity contribution is 5.66. The maximum Gasteiger partial charge on any atom is 0.254 e. The fourth-order valence-corrected chi connectivity index (χ4v) is 3.42. The van der Waals surface area contributed by atoms with Crippen molar-refractivity contribution in [1.29, 1.82) is 0 Å². The standard InChI is InChI=1S/C18H22N6/c1-3-15-12-22(2)9-10-23(15)17-11-16(14-7-5-4-6-8-14)21-18-19-13-20-24(17)18/h4-8,11,13,15H,3,9-10,12H2,1-2H3. The molecule has 4 rings (SSSR count). The highest BCUT2D eigenvalue weighted by Gasteiger charge is 2.26. The summed E-state index contributed by atoms with van der Waals surface area (Å²) in [6.45, 7) is 5.35. The van der Waals surface area contributed by atoms with Crippen LogP contribution < -0.4 is 4.90 Å². The van der Waals surface area contributed by atoms with Crippen molar-refractivity contribution in [2.45, 2.75) is 19.4 Å². The van der Waals surface area contributed by atoms with Crippen LogP contribution in [0.4, 0.5) is 5.82 Å². The largest absolute Gasteiger partial charge is 0.351 e. The summed E-state index contributed by atoms with van der Waals surface area (Å²) in [5.41, 5.74) is 2.05. The van der Waals surface area contributed by atoms with Crippen molar-refractivity contribution in [3.8, 4) is 11.3 Å². The number of anilines is 1. The monoisotopic (exact) mass is 322 g/mol. The molecule has 0 spiro atoms. The predicted molar refractivity (Wildman–Crippen MR) is 95.1 cm³/mol. The minimum atomic E-state index is 0.474. The Morgan fingerprint density at radius 2 is 2.00 bits per heavy atom. The molecule has 0 saturated carbocycles. The van der Waals surface area contributed by atoms with Gasteiger partial charge in [0.05, 0.1) is 5.69 Å². The first-order valence-corrected chi connectivity index (χ1v) is 8.47. The Hall–Kier alpha value is -2.47. The number of nitrogens with zero attached hydrogens (tertiary/aromatic N) is 6. The van der Waals surface area contributed by atoms with Crippen molar-refractivity contribution < 1.29 is 0 Å². The molecule has 6 nitrogen and oxygen atoms in total. The third kappa shape index (κ3) is 2.63. The van der Waals surface area contributed by atoms with Gasteiger partial charge in [-0.3, -0.25) is 0 Å². The Bertz CT molecular complexity index is 828. The van der Waals surface area contributed by atoms with Crippen LogP contribution in [0, 0.1) is 0 Å². The molecule has 1 aromatic carbocycles. The molecule has 1 unspecified atom stereocenters. The third-order valence-electron chi connectivity index (χ3n) is 4.75. The van der Waals surface area contributed by atoms with E-state index in [1.54, 1.807) is 6.33 Å². The van der Waals surface area contributed by atoms with Crippen molar-refractivity contribution in [1.82, 2.24) is 24.5 Å². The second kappa shape index (κ2) is 6.20. The molecule has 1 fully saturated rings. The van der Waals surface area contributed by atoms with Gasteiger partial charge in [-0.25, -0.2) is 4.98 Å². The molecule has 124 valence electrons. The summed E-state index contributed by atoms with van der Waals surface area (Å²) < 4.78 is 1.86. The molecule has 1 aliphatic rings. The van der Waals surface area contributed by atoms with Crippen LogP contribution in [-0.4, -0.2) is 57.2 Å². The molecule has 6 heteroatoms. The first-order valence-electron chi connectivity index (χ1n) is 8.47. The van der Waals surface area contributed by atoms with Gasteiger partial charge in [-0.2, -0.15) is 14.6 Å². The van der Waals surface area contributed by atoms with E-state index >= 15 is 0 Å². The van der Waals surface area contributed by atoms with E-state index in [1.165, 1.54) is 0 Å². The lowest BCUT2D eigenvalue weighted by Gasteiger charge is -2.41. The second-order valence-corrected chi connectivity index (χ2v) is 6.36. The Morgan fingerprint density at radius 1 is 1.17 bits per heavy atom. The number of aromatic nitrogens is 4. The van der Waals surface area contributed by atoms with Gasteiger partial charge in [0.2, 0.25) is 0 Å². The number of hydrogen-bond acceptors (Lipinski definition) is 5. The molecule has 24 heavy (non-hydrogen) atoms. The molecule has 0 radical (unpaired) electrons. The van der Waals surface area contributed by atoms with Crippen molar-refractivity contribution in [2.24, 2.45) is 0 Å². The lowest BCUT2D eigenvalue weighted by Crippen LogP contribution is -2.52. The first kappa shape index (κ1) is 15.1. The summed E-state index contributed by atoms with van der Waals surface area (Å²) in [5, 5.41) is 4.40. The minimum absolute atomic E-state index is 0.474. The average Bonchev–Trinajstić information content (AvgIpc) is 3.10. The van der Waals surface area contributed by atoms with Gasteiger partial charge in [0.1, 0.15) is 12.1 Å². The van der Waals surface area contributed by atoms with Gasteiger partial charge >= 0.3 is 0 Å². The predicted octanol–water partition coefficient (Wildman–Crippen LogP) is 2.32. The fourth-order valence-electron chi connectivity index (χ4n) is 3.42. The molecule has 0 aliphatic carbocycles. The van der Waals surface area contributed by atoms with Crippen LogP contribution in [-0.2, 0) is 0 Å². The normalized spacial score (nSPS) is 19.1. The SMILES string of the molecule is CCC1CN(C)CCN1c1cc(-c2ccccc2)nc2ncnn12. The highest BCUT2D eigenvalue weighted by atomic mass is 15.4. The summed E-state index contributed by atoms with van der Waals surface area (Å²) in [7, 11) is 2.19. The molecule has 3 aromatic rings. The molecule has 2 aromatic heterocycles. The molecule has 1 saturated heterocycles. The zero-order valence-electron chi connectivity index (χ0n) is 14.1. The summed E-state index contributed by atoms with van der Waals surface area (Å²) in [5.74, 6) is 1.73. The number of piperazine rings is 1. The number of hydrogen-bond donors (Lipinski definition) is 0. The van der Waals surface area contributed by atoms with E-state index in [4.69, 9.17) is 0 Å². The van der Waals surface area contributed by atoms with E-state index in [1.807, 2.05) is 22.7 Å². The van der Waals surface area contributed by atoms with Gasteiger partial charge in [-0.1, -0.05) is 37.3 Å². The molecule has 1 aliphatic heterocycles. The summed E-state index contributed by atoms with van der Waals surface area (Å²) in [4.78, 5) is 13.9. The number of benzene rings is 1. The molecule has 0 N–H and O–H groups in total. The Morgan fingerprint density at radius 3 is 2.79 bits per heavy atom. The smallest absolute Gasteiger partial charge is 0.254 e. The van der Waals surface area contributed by atoms with E-state index in [0.717, 1.165) is 43.1 Å². The lowest BCUT2D eigenvalue weighted by molar-refractivity contribution is 0.262. The molecular weight excluding hydrogens is 300 g/mol. The van der Waals surface area contributed by atoms with Crippen molar-refractivity contribution in [3.63, 3.8) is 0 Å². The van der Waals surface area contributed by atoms with Crippen LogP contribution in [0.2, 0.25) is 0 Å². The zero-order chi connectivity index (χ0) is 16.5. The Labute approximate surface area is 141 Å². The van der Waals surface area contributed by atoms with Crippen LogP contribution in [0.5, 0.6) is 0 Å². The summed E-state index contributed by atoms with van der Waals surface area (Å²) in [6.07, 6.45) is 2.68. The van der Waals surface area contributed by atoms with E-state index in [9.17, 15) is 0 Å². The van der Waals surface area contributed by atoms with Gasteiger partial charge < -0.3 is 9.80 Å². The van der Waals surface area contributed by atoms with E-state index in [-0.39, 0.29) is 0 Å². The van der Waals surface area contributed by atoms with E-state index < -0.39 is 0 Å².